The van der Waals surface area contributed by atoms with E-state index in [2.05, 4.69) is 95.2 Å². The molecule has 0 amide bonds. The lowest BCUT2D eigenvalue weighted by atomic mass is 9.85. The van der Waals surface area contributed by atoms with E-state index < -0.39 is 28.9 Å². The van der Waals surface area contributed by atoms with Crippen molar-refractivity contribution in [2.24, 2.45) is 0 Å². The van der Waals surface area contributed by atoms with Gasteiger partial charge >= 0.3 is 6.18 Å². The molecule has 2 nitrogen and oxygen atoms in total. The molecule has 310 valence electrons. The molecule has 0 N–H and O–H groups in total. The molecule has 0 aliphatic rings. The Morgan fingerprint density at radius 2 is 0.733 bits per heavy atom. The number of nitrogens with zero attached hydrogens (tertiary/aromatic N) is 2. The summed E-state index contributed by atoms with van der Waals surface area (Å²) in [6.07, 6.45) is -5.00. The van der Waals surface area contributed by atoms with Crippen LogP contribution in [-0.2, 0) is 27.8 Å². The number of hydrogen-bond acceptors (Lipinski definition) is 0. The Balaban J connectivity index is 1.61. The zero-order valence-corrected chi connectivity index (χ0v) is 36.6. The third kappa shape index (κ3) is 6.78. The fourth-order valence-electron chi connectivity index (χ4n) is 8.65. The SMILES string of the molecule is CC(C)(C)c1ccc2c(c1)c1cc(C(C)(C)C)ccc1n2-c1ccc(-c2c(F)cccc2F)c(-n2c3ccc(C(C)(C)C)cc3c3cc(C(C)(C)C)ccc32)c1C(F)(F)F. The van der Waals surface area contributed by atoms with Gasteiger partial charge in [-0.25, -0.2) is 8.78 Å². The number of hydrogen-bond donors (Lipinski definition) is 0. The minimum atomic E-state index is -5.00. The van der Waals surface area contributed by atoms with Gasteiger partial charge < -0.3 is 9.13 Å². The lowest BCUT2D eigenvalue weighted by molar-refractivity contribution is -0.137. The second-order valence-electron chi connectivity index (χ2n) is 20.5. The molecule has 8 aromatic rings. The van der Waals surface area contributed by atoms with Gasteiger partial charge in [-0.3, -0.25) is 0 Å². The molecule has 0 saturated heterocycles. The van der Waals surface area contributed by atoms with Crippen LogP contribution >= 0.6 is 0 Å². The second kappa shape index (κ2) is 13.5. The van der Waals surface area contributed by atoms with E-state index in [1.54, 1.807) is 9.13 Å². The number of rotatable bonds is 3. The highest BCUT2D eigenvalue weighted by Gasteiger charge is 2.41. The number of fused-ring (bicyclic) bond motifs is 6. The second-order valence-corrected chi connectivity index (χ2v) is 20.5. The van der Waals surface area contributed by atoms with Gasteiger partial charge in [-0.2, -0.15) is 13.2 Å². The van der Waals surface area contributed by atoms with Crippen LogP contribution in [0.4, 0.5) is 22.0 Å². The van der Waals surface area contributed by atoms with Crippen molar-refractivity contribution >= 4 is 43.6 Å². The predicted octanol–water partition coefficient (Wildman–Crippen LogP) is 16.0. The van der Waals surface area contributed by atoms with Crippen LogP contribution < -0.4 is 0 Å². The highest BCUT2D eigenvalue weighted by molar-refractivity contribution is 6.12. The number of alkyl halides is 3. The van der Waals surface area contributed by atoms with E-state index >= 15 is 22.0 Å². The van der Waals surface area contributed by atoms with E-state index in [0.29, 0.717) is 22.1 Å². The average Bonchev–Trinajstić information content (AvgIpc) is 3.64. The maximum atomic E-state index is 16.7. The van der Waals surface area contributed by atoms with Crippen molar-refractivity contribution in [2.45, 2.75) is 111 Å². The lowest BCUT2D eigenvalue weighted by Crippen LogP contribution is -2.17. The lowest BCUT2D eigenvalue weighted by Gasteiger charge is -2.25. The molecule has 0 spiro atoms. The molecule has 0 fully saturated rings. The molecular weight excluding hydrogens is 760 g/mol. The Morgan fingerprint density at radius 3 is 1.05 bits per heavy atom. The van der Waals surface area contributed by atoms with Crippen LogP contribution in [0.15, 0.2) is 103 Å². The van der Waals surface area contributed by atoms with Gasteiger partial charge in [-0.1, -0.05) is 113 Å². The molecule has 8 rings (SSSR count). The first kappa shape index (κ1) is 41.3. The molecule has 2 aromatic heterocycles. The molecule has 0 aliphatic carbocycles. The molecular formula is C53H53F5N2. The zero-order valence-electron chi connectivity index (χ0n) is 36.6. The Morgan fingerprint density at radius 1 is 0.400 bits per heavy atom. The van der Waals surface area contributed by atoms with Crippen LogP contribution in [0.3, 0.4) is 0 Å². The fraction of sp³-hybridized carbons (Fsp3) is 0.321. The van der Waals surface area contributed by atoms with Crippen LogP contribution in [0.2, 0.25) is 0 Å². The summed E-state index contributed by atoms with van der Waals surface area (Å²) in [4.78, 5) is 0. The largest absolute Gasteiger partial charge is 0.420 e. The van der Waals surface area contributed by atoms with E-state index in [0.717, 1.165) is 55.9 Å². The minimum absolute atomic E-state index is 0.141. The Labute approximate surface area is 349 Å². The quantitative estimate of drug-likeness (QED) is 0.157. The van der Waals surface area contributed by atoms with Crippen molar-refractivity contribution < 1.29 is 22.0 Å². The Kier molecular flexibility index (Phi) is 9.32. The average molecular weight is 813 g/mol. The van der Waals surface area contributed by atoms with E-state index in [1.165, 1.54) is 18.2 Å². The van der Waals surface area contributed by atoms with Crippen LogP contribution in [0.1, 0.15) is 111 Å². The van der Waals surface area contributed by atoms with Crippen molar-refractivity contribution in [3.05, 3.63) is 143 Å². The van der Waals surface area contributed by atoms with E-state index in [1.807, 2.05) is 60.7 Å². The maximum absolute atomic E-state index is 16.7. The summed E-state index contributed by atoms with van der Waals surface area (Å²) in [5.41, 5.74) is 3.10. The summed E-state index contributed by atoms with van der Waals surface area (Å²) < 4.78 is 85.4. The number of aromatic nitrogens is 2. The first-order chi connectivity index (χ1) is 27.8. The van der Waals surface area contributed by atoms with Crippen LogP contribution in [0.5, 0.6) is 0 Å². The van der Waals surface area contributed by atoms with Crippen LogP contribution in [0, 0.1) is 11.6 Å². The number of benzene rings is 6. The van der Waals surface area contributed by atoms with Gasteiger partial charge in [0.2, 0.25) is 0 Å². The molecule has 0 aliphatic heterocycles. The van der Waals surface area contributed by atoms with Crippen molar-refractivity contribution in [3.8, 4) is 22.5 Å². The van der Waals surface area contributed by atoms with Gasteiger partial charge in [0.05, 0.1) is 39.0 Å². The smallest absolute Gasteiger partial charge is 0.309 e. The molecule has 7 heteroatoms. The summed E-state index contributed by atoms with van der Waals surface area (Å²) in [5, 5.41) is 3.15. The molecule has 0 radical (unpaired) electrons. The van der Waals surface area contributed by atoms with Gasteiger partial charge in [-0.05, 0) is 117 Å². The molecule has 0 atom stereocenters. The summed E-state index contributed by atoms with van der Waals surface area (Å²) in [7, 11) is 0. The molecule has 0 unspecified atom stereocenters. The first-order valence-electron chi connectivity index (χ1n) is 20.6. The van der Waals surface area contributed by atoms with Crippen molar-refractivity contribution in [2.75, 3.05) is 0 Å². The molecule has 0 saturated carbocycles. The highest BCUT2D eigenvalue weighted by atomic mass is 19.4. The molecule has 0 bridgehead atoms. The molecule has 2 heterocycles. The van der Waals surface area contributed by atoms with Gasteiger partial charge in [0.15, 0.2) is 0 Å². The topological polar surface area (TPSA) is 9.86 Å². The molecule has 60 heavy (non-hydrogen) atoms. The standard InChI is InChI=1S/C53H53F5N2/c1-49(2,3)30-16-21-41-35(26-30)36-27-31(50(4,5)6)17-22-42(36)59(41)45-25-20-34(46-39(54)14-13-15-40(46)55)48(47(45)53(56,57)58)60-43-23-18-32(51(7,8)9)28-37(43)38-29-33(52(10,11)12)19-24-44(38)60/h13-29H,1-12H3. The summed E-state index contributed by atoms with van der Waals surface area (Å²) in [5.74, 6) is -1.91. The third-order valence-corrected chi connectivity index (χ3v) is 12.1. The third-order valence-electron chi connectivity index (χ3n) is 12.1. The van der Waals surface area contributed by atoms with Gasteiger partial charge in [0, 0.05) is 27.1 Å². The first-order valence-corrected chi connectivity index (χ1v) is 20.6. The summed E-state index contributed by atoms with van der Waals surface area (Å²) in [6.45, 7) is 25.3. The van der Waals surface area contributed by atoms with E-state index in [9.17, 15) is 0 Å². The predicted molar refractivity (Wildman–Crippen MR) is 240 cm³/mol. The van der Waals surface area contributed by atoms with Crippen LogP contribution in [0.25, 0.3) is 66.1 Å². The zero-order chi connectivity index (χ0) is 43.6. The van der Waals surface area contributed by atoms with Gasteiger partial charge in [-0.15, -0.1) is 0 Å². The minimum Gasteiger partial charge on any atom is -0.309 e. The Bertz CT molecular complexity index is 2860. The normalized spacial score (nSPS) is 13.4. The maximum Gasteiger partial charge on any atom is 0.420 e. The van der Waals surface area contributed by atoms with E-state index in [-0.39, 0.29) is 38.6 Å². The fourth-order valence-corrected chi connectivity index (χ4v) is 8.65. The van der Waals surface area contributed by atoms with Gasteiger partial charge in [0.25, 0.3) is 0 Å². The highest BCUT2D eigenvalue weighted by Crippen LogP contribution is 2.49. The number of halogens is 5. The summed E-state index contributed by atoms with van der Waals surface area (Å²) >= 11 is 0. The van der Waals surface area contributed by atoms with Gasteiger partial charge in [0.1, 0.15) is 17.2 Å². The van der Waals surface area contributed by atoms with Crippen molar-refractivity contribution in [1.82, 2.24) is 9.13 Å². The Hall–Kier alpha value is -5.43. The monoisotopic (exact) mass is 812 g/mol. The van der Waals surface area contributed by atoms with Crippen molar-refractivity contribution in [1.29, 1.82) is 0 Å². The van der Waals surface area contributed by atoms with E-state index in [4.69, 9.17) is 0 Å². The van der Waals surface area contributed by atoms with Crippen LogP contribution in [-0.4, -0.2) is 9.13 Å². The van der Waals surface area contributed by atoms with Crippen molar-refractivity contribution in [3.63, 3.8) is 0 Å². The summed E-state index contributed by atoms with van der Waals surface area (Å²) in [6, 6.07) is 29.9. The molecule has 6 aromatic carbocycles.